The third-order valence-corrected chi connectivity index (χ3v) is 2.69. The van der Waals surface area contributed by atoms with E-state index in [1.54, 1.807) is 6.20 Å². The van der Waals surface area contributed by atoms with Gasteiger partial charge in [0.15, 0.2) is 5.78 Å². The Morgan fingerprint density at radius 1 is 1.69 bits per heavy atom. The molecule has 2 N–H and O–H groups in total. The summed E-state index contributed by atoms with van der Waals surface area (Å²) in [5, 5.41) is 3.08. The Kier molecular flexibility index (Phi) is 1.96. The van der Waals surface area contributed by atoms with Gasteiger partial charge >= 0.3 is 0 Å². The summed E-state index contributed by atoms with van der Waals surface area (Å²) in [5.41, 5.74) is 0.646. The molecule has 1 heterocycles. The molecule has 0 amide bonds. The topological polar surface area (TPSA) is 44.9 Å². The normalized spacial score (nSPS) is 18.5. The van der Waals surface area contributed by atoms with Crippen molar-refractivity contribution < 1.29 is 4.79 Å². The van der Waals surface area contributed by atoms with Gasteiger partial charge in [-0.05, 0) is 32.0 Å². The fraction of sp³-hybridized carbons (Fsp3) is 0.500. The molecule has 13 heavy (non-hydrogen) atoms. The van der Waals surface area contributed by atoms with Crippen LogP contribution in [0, 0.1) is 5.41 Å². The highest BCUT2D eigenvalue weighted by Crippen LogP contribution is 2.47. The first-order chi connectivity index (χ1) is 6.28. The van der Waals surface area contributed by atoms with Crippen molar-refractivity contribution in [1.82, 2.24) is 10.3 Å². The zero-order valence-corrected chi connectivity index (χ0v) is 7.76. The van der Waals surface area contributed by atoms with Crippen LogP contribution in [-0.2, 0) is 0 Å². The molecule has 0 aliphatic heterocycles. The summed E-state index contributed by atoms with van der Waals surface area (Å²) in [4.78, 5) is 14.9. The molecule has 0 radical (unpaired) electrons. The van der Waals surface area contributed by atoms with Crippen molar-refractivity contribution in [3.8, 4) is 0 Å². The second-order valence-corrected chi connectivity index (χ2v) is 3.72. The molecular weight excluding hydrogens is 164 g/mol. The van der Waals surface area contributed by atoms with Crippen LogP contribution in [0.1, 0.15) is 23.3 Å². The number of hydrogen-bond donors (Lipinski definition) is 2. The van der Waals surface area contributed by atoms with Crippen LogP contribution in [0.3, 0.4) is 0 Å². The first-order valence-corrected chi connectivity index (χ1v) is 4.61. The van der Waals surface area contributed by atoms with Gasteiger partial charge in [-0.3, -0.25) is 4.79 Å². The standard InChI is InChI=1S/C10H14N2O/c1-11-7-10(4-5-10)9(13)8-3-2-6-12-8/h2-3,6,11-12H,4-5,7H2,1H3. The van der Waals surface area contributed by atoms with Crippen LogP contribution in [0.15, 0.2) is 18.3 Å². The Hall–Kier alpha value is -1.09. The molecule has 3 nitrogen and oxygen atoms in total. The molecule has 1 aliphatic carbocycles. The summed E-state index contributed by atoms with van der Waals surface area (Å²) in [6.45, 7) is 0.796. The Morgan fingerprint density at radius 2 is 2.46 bits per heavy atom. The molecule has 1 aliphatic rings. The predicted molar refractivity (Wildman–Crippen MR) is 50.7 cm³/mol. The Morgan fingerprint density at radius 3 is 2.92 bits per heavy atom. The fourth-order valence-electron chi connectivity index (χ4n) is 1.73. The van der Waals surface area contributed by atoms with Gasteiger partial charge in [-0.15, -0.1) is 0 Å². The fourth-order valence-corrected chi connectivity index (χ4v) is 1.73. The van der Waals surface area contributed by atoms with Gasteiger partial charge in [0.2, 0.25) is 0 Å². The van der Waals surface area contributed by atoms with E-state index in [4.69, 9.17) is 0 Å². The quantitative estimate of drug-likeness (QED) is 0.680. The maximum absolute atomic E-state index is 11.9. The monoisotopic (exact) mass is 178 g/mol. The number of aromatic amines is 1. The van der Waals surface area contributed by atoms with Crippen molar-refractivity contribution >= 4 is 5.78 Å². The maximum Gasteiger partial charge on any atom is 0.186 e. The van der Waals surface area contributed by atoms with E-state index in [0.717, 1.165) is 25.1 Å². The summed E-state index contributed by atoms with van der Waals surface area (Å²) >= 11 is 0. The molecule has 1 fully saturated rings. The van der Waals surface area contributed by atoms with E-state index < -0.39 is 0 Å². The number of carbonyl (C=O) groups is 1. The van der Waals surface area contributed by atoms with Crippen LogP contribution in [0.4, 0.5) is 0 Å². The third-order valence-electron chi connectivity index (χ3n) is 2.69. The highest BCUT2D eigenvalue weighted by atomic mass is 16.1. The van der Waals surface area contributed by atoms with Gasteiger partial charge in [0.25, 0.3) is 0 Å². The molecule has 0 aromatic carbocycles. The molecule has 0 saturated heterocycles. The lowest BCUT2D eigenvalue weighted by Gasteiger charge is -2.11. The van der Waals surface area contributed by atoms with Gasteiger partial charge in [0, 0.05) is 18.2 Å². The second kappa shape index (κ2) is 3.00. The number of Topliss-reactive ketones (excluding diaryl/α,β-unsaturated/α-hetero) is 1. The number of ketones is 1. The van der Waals surface area contributed by atoms with E-state index >= 15 is 0 Å². The van der Waals surface area contributed by atoms with Crippen LogP contribution in [0.2, 0.25) is 0 Å². The van der Waals surface area contributed by atoms with Gasteiger partial charge in [0.1, 0.15) is 0 Å². The van der Waals surface area contributed by atoms with Crippen LogP contribution in [-0.4, -0.2) is 24.4 Å². The number of hydrogen-bond acceptors (Lipinski definition) is 2. The molecule has 1 aromatic rings. The lowest BCUT2D eigenvalue weighted by Crippen LogP contribution is -2.28. The van der Waals surface area contributed by atoms with Gasteiger partial charge < -0.3 is 10.3 Å². The smallest absolute Gasteiger partial charge is 0.186 e. The molecule has 1 saturated carbocycles. The predicted octanol–water partition coefficient (Wildman–Crippen LogP) is 1.20. The highest BCUT2D eigenvalue weighted by molar-refractivity contribution is 6.01. The summed E-state index contributed by atoms with van der Waals surface area (Å²) in [5.74, 6) is 0.256. The second-order valence-electron chi connectivity index (χ2n) is 3.72. The molecule has 0 bridgehead atoms. The van der Waals surface area contributed by atoms with E-state index in [0.29, 0.717) is 0 Å². The molecule has 70 valence electrons. The molecular formula is C10H14N2O. The molecule has 0 atom stereocenters. The number of H-pyrrole nitrogens is 1. The Balaban J connectivity index is 2.14. The number of carbonyl (C=O) groups excluding carboxylic acids is 1. The zero-order chi connectivity index (χ0) is 9.31. The third kappa shape index (κ3) is 1.40. The number of nitrogens with one attached hydrogen (secondary N) is 2. The van der Waals surface area contributed by atoms with Crippen molar-refractivity contribution in [2.45, 2.75) is 12.8 Å². The average Bonchev–Trinajstić information content (AvgIpc) is 2.72. The average molecular weight is 178 g/mol. The van der Waals surface area contributed by atoms with Crippen molar-refractivity contribution in [2.75, 3.05) is 13.6 Å². The van der Waals surface area contributed by atoms with Crippen molar-refractivity contribution in [3.63, 3.8) is 0 Å². The molecule has 1 aromatic heterocycles. The summed E-state index contributed by atoms with van der Waals surface area (Å²) in [7, 11) is 1.89. The summed E-state index contributed by atoms with van der Waals surface area (Å²) in [6, 6.07) is 3.71. The van der Waals surface area contributed by atoms with Gasteiger partial charge in [0.05, 0.1) is 5.69 Å². The largest absolute Gasteiger partial charge is 0.359 e. The zero-order valence-electron chi connectivity index (χ0n) is 7.76. The highest BCUT2D eigenvalue weighted by Gasteiger charge is 2.49. The van der Waals surface area contributed by atoms with E-state index in [-0.39, 0.29) is 11.2 Å². The van der Waals surface area contributed by atoms with Crippen molar-refractivity contribution in [2.24, 2.45) is 5.41 Å². The Bertz CT molecular complexity index is 299. The minimum atomic E-state index is -0.0976. The first-order valence-electron chi connectivity index (χ1n) is 4.61. The Labute approximate surface area is 77.5 Å². The molecule has 2 rings (SSSR count). The lowest BCUT2D eigenvalue weighted by atomic mass is 9.99. The van der Waals surface area contributed by atoms with Crippen molar-refractivity contribution in [1.29, 1.82) is 0 Å². The minimum absolute atomic E-state index is 0.0976. The van der Waals surface area contributed by atoms with E-state index in [2.05, 4.69) is 10.3 Å². The minimum Gasteiger partial charge on any atom is -0.359 e. The van der Waals surface area contributed by atoms with Crippen LogP contribution >= 0.6 is 0 Å². The lowest BCUT2D eigenvalue weighted by molar-refractivity contribution is 0.0895. The van der Waals surface area contributed by atoms with Crippen LogP contribution in [0.5, 0.6) is 0 Å². The number of aromatic nitrogens is 1. The van der Waals surface area contributed by atoms with Gasteiger partial charge in [-0.25, -0.2) is 0 Å². The maximum atomic E-state index is 11.9. The first kappa shape index (κ1) is 8.51. The molecule has 0 spiro atoms. The van der Waals surface area contributed by atoms with Crippen LogP contribution < -0.4 is 5.32 Å². The summed E-state index contributed by atoms with van der Waals surface area (Å²) < 4.78 is 0. The van der Waals surface area contributed by atoms with E-state index in [1.807, 2.05) is 19.2 Å². The molecule has 3 heteroatoms. The number of rotatable bonds is 4. The van der Waals surface area contributed by atoms with Gasteiger partial charge in [-0.2, -0.15) is 0 Å². The van der Waals surface area contributed by atoms with Gasteiger partial charge in [-0.1, -0.05) is 0 Å². The van der Waals surface area contributed by atoms with E-state index in [9.17, 15) is 4.79 Å². The van der Waals surface area contributed by atoms with Crippen molar-refractivity contribution in [3.05, 3.63) is 24.0 Å². The van der Waals surface area contributed by atoms with E-state index in [1.165, 1.54) is 0 Å². The SMILES string of the molecule is CNCC1(C(=O)c2ccc[nH]2)CC1. The van der Waals surface area contributed by atoms with Crippen LogP contribution in [0.25, 0.3) is 0 Å². The summed E-state index contributed by atoms with van der Waals surface area (Å²) in [6.07, 6.45) is 3.83. The molecule has 0 unspecified atom stereocenters.